The molecule has 25 heavy (non-hydrogen) atoms. The smallest absolute Gasteiger partial charge is 0.262 e. The number of sulfonamides is 1. The van der Waals surface area contributed by atoms with E-state index in [2.05, 4.69) is 4.98 Å². The summed E-state index contributed by atoms with van der Waals surface area (Å²) in [5.74, 6) is -0.231. The lowest BCUT2D eigenvalue weighted by atomic mass is 10.3. The van der Waals surface area contributed by atoms with Crippen molar-refractivity contribution in [3.8, 4) is 0 Å². The Labute approximate surface area is 159 Å². The fraction of sp³-hybridized carbons (Fsp3) is 0.429. The third-order valence-electron chi connectivity index (χ3n) is 3.91. The minimum atomic E-state index is -3.66. The molecule has 1 saturated heterocycles. The number of aryl methyl sites for hydroxylation is 1. The van der Waals surface area contributed by atoms with Crippen molar-refractivity contribution < 1.29 is 13.2 Å². The van der Waals surface area contributed by atoms with E-state index in [-0.39, 0.29) is 24.0 Å². The Morgan fingerprint density at radius 2 is 2.00 bits per heavy atom. The molecule has 1 aliphatic heterocycles. The first kappa shape index (κ1) is 18.7. The molecule has 1 aliphatic rings. The van der Waals surface area contributed by atoms with Crippen LogP contribution in [0.1, 0.15) is 16.8 Å². The largest absolute Gasteiger partial charge is 0.339 e. The molecule has 0 aromatic carbocycles. The number of nitrogens with zero attached hydrogens (tertiary/aromatic N) is 4. The van der Waals surface area contributed by atoms with Crippen molar-refractivity contribution in [2.45, 2.75) is 11.4 Å². The van der Waals surface area contributed by atoms with Crippen LogP contribution in [0.15, 0.2) is 23.6 Å². The van der Waals surface area contributed by atoms with E-state index in [9.17, 15) is 13.2 Å². The normalized spacial score (nSPS) is 16.8. The van der Waals surface area contributed by atoms with E-state index in [0.29, 0.717) is 33.7 Å². The molecule has 2 aromatic heterocycles. The third kappa shape index (κ3) is 3.85. The van der Waals surface area contributed by atoms with Crippen LogP contribution in [0.5, 0.6) is 0 Å². The number of thiophene rings is 1. The summed E-state index contributed by atoms with van der Waals surface area (Å²) in [6.07, 6.45) is 3.45. The van der Waals surface area contributed by atoms with Gasteiger partial charge in [0.25, 0.3) is 15.9 Å². The summed E-state index contributed by atoms with van der Waals surface area (Å²) in [6, 6.07) is 1.55. The first-order valence-corrected chi connectivity index (χ1v) is 10.5. The Hall–Kier alpha value is -1.13. The lowest BCUT2D eigenvalue weighted by Crippen LogP contribution is -2.37. The maximum atomic E-state index is 12.7. The van der Waals surface area contributed by atoms with Gasteiger partial charge in [0.2, 0.25) is 0 Å². The van der Waals surface area contributed by atoms with Crippen molar-refractivity contribution in [1.29, 1.82) is 0 Å². The van der Waals surface area contributed by atoms with Gasteiger partial charge in [-0.25, -0.2) is 13.4 Å². The molecule has 0 spiro atoms. The van der Waals surface area contributed by atoms with Gasteiger partial charge < -0.3 is 9.47 Å². The predicted octanol–water partition coefficient (Wildman–Crippen LogP) is 2.33. The molecular weight excluding hydrogens is 407 g/mol. The SMILES string of the molecule is Cn1cnc(S(=O)(=O)N2CCCN(C(=O)c3cc(Cl)sc3Cl)CC2)c1. The van der Waals surface area contributed by atoms with E-state index in [4.69, 9.17) is 23.2 Å². The summed E-state index contributed by atoms with van der Waals surface area (Å²) in [5, 5.41) is 0.0161. The van der Waals surface area contributed by atoms with E-state index in [1.807, 2.05) is 0 Å². The van der Waals surface area contributed by atoms with Gasteiger partial charge in [-0.1, -0.05) is 23.2 Å². The minimum Gasteiger partial charge on any atom is -0.339 e. The fourth-order valence-electron chi connectivity index (χ4n) is 2.65. The van der Waals surface area contributed by atoms with Crippen LogP contribution in [-0.2, 0) is 17.1 Å². The molecule has 7 nitrogen and oxygen atoms in total. The molecule has 3 heterocycles. The zero-order chi connectivity index (χ0) is 18.2. The average Bonchev–Trinajstić information content (AvgIpc) is 3.03. The van der Waals surface area contributed by atoms with E-state index in [1.54, 1.807) is 22.6 Å². The summed E-state index contributed by atoms with van der Waals surface area (Å²) < 4.78 is 29.1. The fourth-order valence-corrected chi connectivity index (χ4v) is 5.53. The van der Waals surface area contributed by atoms with Crippen molar-refractivity contribution in [3.05, 3.63) is 32.8 Å². The number of amides is 1. The highest BCUT2D eigenvalue weighted by Gasteiger charge is 2.30. The molecule has 1 amide bonds. The van der Waals surface area contributed by atoms with Gasteiger partial charge in [-0.3, -0.25) is 4.79 Å². The maximum absolute atomic E-state index is 12.7. The number of halogens is 2. The Bertz CT molecular complexity index is 894. The zero-order valence-corrected chi connectivity index (χ0v) is 16.5. The van der Waals surface area contributed by atoms with Gasteiger partial charge in [-0.15, -0.1) is 11.3 Å². The number of imidazole rings is 1. The average molecular weight is 423 g/mol. The number of hydrogen-bond donors (Lipinski definition) is 0. The molecule has 2 aromatic rings. The highest BCUT2D eigenvalue weighted by molar-refractivity contribution is 7.89. The summed E-state index contributed by atoms with van der Waals surface area (Å²) in [6.45, 7) is 1.28. The van der Waals surface area contributed by atoms with Crippen LogP contribution in [-0.4, -0.2) is 59.3 Å². The molecule has 0 unspecified atom stereocenters. The second kappa shape index (κ2) is 7.24. The van der Waals surface area contributed by atoms with Gasteiger partial charge >= 0.3 is 0 Å². The van der Waals surface area contributed by atoms with Crippen molar-refractivity contribution in [2.75, 3.05) is 26.2 Å². The zero-order valence-electron chi connectivity index (χ0n) is 13.4. The molecular formula is C14H16Cl2N4O3S2. The van der Waals surface area contributed by atoms with Crippen LogP contribution < -0.4 is 0 Å². The standard InChI is InChI=1S/C14H16Cl2N4O3S2/c1-18-8-12(17-9-18)25(22,23)20-4-2-3-19(5-6-20)14(21)10-7-11(15)24-13(10)16/h7-9H,2-6H2,1H3. The molecule has 3 rings (SSSR count). The van der Waals surface area contributed by atoms with Crippen molar-refractivity contribution in [3.63, 3.8) is 0 Å². The quantitative estimate of drug-likeness (QED) is 0.760. The van der Waals surface area contributed by atoms with E-state index in [1.165, 1.54) is 16.8 Å². The van der Waals surface area contributed by atoms with E-state index >= 15 is 0 Å². The van der Waals surface area contributed by atoms with Crippen molar-refractivity contribution in [1.82, 2.24) is 18.8 Å². The Kier molecular flexibility index (Phi) is 5.40. The highest BCUT2D eigenvalue weighted by atomic mass is 35.5. The lowest BCUT2D eigenvalue weighted by Gasteiger charge is -2.21. The predicted molar refractivity (Wildman–Crippen MR) is 96.8 cm³/mol. The number of carbonyl (C=O) groups is 1. The van der Waals surface area contributed by atoms with Crippen LogP contribution in [0.2, 0.25) is 8.67 Å². The lowest BCUT2D eigenvalue weighted by molar-refractivity contribution is 0.0765. The van der Waals surface area contributed by atoms with E-state index < -0.39 is 10.0 Å². The number of rotatable bonds is 3. The summed E-state index contributed by atoms with van der Waals surface area (Å²) in [7, 11) is -1.95. The number of carbonyl (C=O) groups excluding carboxylic acids is 1. The van der Waals surface area contributed by atoms with E-state index in [0.717, 1.165) is 11.3 Å². The molecule has 0 saturated carbocycles. The van der Waals surface area contributed by atoms with Crippen LogP contribution in [0, 0.1) is 0 Å². The van der Waals surface area contributed by atoms with Crippen LogP contribution >= 0.6 is 34.5 Å². The highest BCUT2D eigenvalue weighted by Crippen LogP contribution is 2.32. The van der Waals surface area contributed by atoms with Crippen molar-refractivity contribution in [2.24, 2.45) is 7.05 Å². The Morgan fingerprint density at radius 3 is 2.60 bits per heavy atom. The molecule has 0 aliphatic carbocycles. The van der Waals surface area contributed by atoms with Crippen LogP contribution in [0.3, 0.4) is 0 Å². The Balaban J connectivity index is 1.74. The maximum Gasteiger partial charge on any atom is 0.262 e. The van der Waals surface area contributed by atoms with Gasteiger partial charge in [0.05, 0.1) is 16.2 Å². The minimum absolute atomic E-state index is 0.0161. The molecule has 0 bridgehead atoms. The third-order valence-corrected chi connectivity index (χ3v) is 7.19. The second-order valence-electron chi connectivity index (χ2n) is 5.67. The van der Waals surface area contributed by atoms with Crippen LogP contribution in [0.25, 0.3) is 0 Å². The summed E-state index contributed by atoms with van der Waals surface area (Å²) in [4.78, 5) is 18.2. The second-order valence-corrected chi connectivity index (χ2v) is 9.84. The molecule has 0 N–H and O–H groups in total. The number of hydrogen-bond acceptors (Lipinski definition) is 5. The van der Waals surface area contributed by atoms with Crippen molar-refractivity contribution >= 4 is 50.5 Å². The molecule has 136 valence electrons. The van der Waals surface area contributed by atoms with Gasteiger partial charge in [0, 0.05) is 39.4 Å². The van der Waals surface area contributed by atoms with Gasteiger partial charge in [0.15, 0.2) is 5.03 Å². The van der Waals surface area contributed by atoms with Gasteiger partial charge in [-0.05, 0) is 12.5 Å². The number of aromatic nitrogens is 2. The monoisotopic (exact) mass is 422 g/mol. The summed E-state index contributed by atoms with van der Waals surface area (Å²) >= 11 is 13.1. The topological polar surface area (TPSA) is 75.5 Å². The molecule has 1 fully saturated rings. The van der Waals surface area contributed by atoms with Gasteiger partial charge in [0.1, 0.15) is 4.34 Å². The molecule has 0 radical (unpaired) electrons. The molecule has 0 atom stereocenters. The Morgan fingerprint density at radius 1 is 1.24 bits per heavy atom. The van der Waals surface area contributed by atoms with Gasteiger partial charge in [-0.2, -0.15) is 4.31 Å². The first-order valence-electron chi connectivity index (χ1n) is 7.51. The van der Waals surface area contributed by atoms with Crippen LogP contribution in [0.4, 0.5) is 0 Å². The first-order chi connectivity index (χ1) is 11.8. The molecule has 11 heteroatoms. The summed E-state index contributed by atoms with van der Waals surface area (Å²) in [5.41, 5.74) is 0.359.